The average molecular weight is 290 g/mol. The molecule has 0 fully saturated rings. The van der Waals surface area contributed by atoms with Crippen LogP contribution >= 0.6 is 0 Å². The van der Waals surface area contributed by atoms with E-state index >= 15 is 0 Å². The Kier molecular flexibility index (Phi) is 4.91. The maximum absolute atomic E-state index is 14.3. The molecule has 0 saturated heterocycles. The third kappa shape index (κ3) is 3.39. The van der Waals surface area contributed by atoms with Crippen LogP contribution in [0, 0.1) is 11.6 Å². The molecule has 2 aromatic carbocycles. The highest BCUT2D eigenvalue weighted by Crippen LogP contribution is 2.33. The van der Waals surface area contributed by atoms with Crippen LogP contribution in [-0.2, 0) is 0 Å². The van der Waals surface area contributed by atoms with Crippen LogP contribution in [0.4, 0.5) is 20.2 Å². The lowest BCUT2D eigenvalue weighted by atomic mass is 10.0. The van der Waals surface area contributed by atoms with Crippen LogP contribution in [-0.4, -0.2) is 13.6 Å². The van der Waals surface area contributed by atoms with Crippen molar-refractivity contribution in [1.82, 2.24) is 5.32 Å². The summed E-state index contributed by atoms with van der Waals surface area (Å²) in [6.45, 7) is 4.79. The van der Waals surface area contributed by atoms with Gasteiger partial charge < -0.3 is 10.2 Å². The summed E-state index contributed by atoms with van der Waals surface area (Å²) in [6, 6.07) is 11.2. The first-order chi connectivity index (χ1) is 10.0. The zero-order chi connectivity index (χ0) is 15.4. The Morgan fingerprint density at radius 2 is 1.86 bits per heavy atom. The van der Waals surface area contributed by atoms with E-state index in [0.29, 0.717) is 11.4 Å². The van der Waals surface area contributed by atoms with Gasteiger partial charge in [0.25, 0.3) is 0 Å². The van der Waals surface area contributed by atoms with Crippen LogP contribution in [0.5, 0.6) is 0 Å². The molecule has 0 radical (unpaired) electrons. The SMILES string of the molecule is CCNC(C)c1cccc(F)c1N(C)c1cccc(F)c1. The fourth-order valence-electron chi connectivity index (χ4n) is 2.47. The number of hydrogen-bond acceptors (Lipinski definition) is 2. The van der Waals surface area contributed by atoms with Gasteiger partial charge >= 0.3 is 0 Å². The predicted molar refractivity (Wildman–Crippen MR) is 83.0 cm³/mol. The Hall–Kier alpha value is -1.94. The molecule has 4 heteroatoms. The summed E-state index contributed by atoms with van der Waals surface area (Å²) < 4.78 is 27.7. The lowest BCUT2D eigenvalue weighted by Gasteiger charge is -2.26. The summed E-state index contributed by atoms with van der Waals surface area (Å²) in [4.78, 5) is 1.68. The van der Waals surface area contributed by atoms with E-state index in [1.807, 2.05) is 19.9 Å². The molecule has 0 aliphatic heterocycles. The van der Waals surface area contributed by atoms with Gasteiger partial charge in [0.2, 0.25) is 0 Å². The summed E-state index contributed by atoms with van der Waals surface area (Å²) in [5.41, 5.74) is 1.94. The molecular weight excluding hydrogens is 270 g/mol. The molecule has 1 N–H and O–H groups in total. The van der Waals surface area contributed by atoms with Crippen molar-refractivity contribution in [2.75, 3.05) is 18.5 Å². The molecule has 0 aliphatic carbocycles. The Balaban J connectivity index is 2.47. The van der Waals surface area contributed by atoms with E-state index in [0.717, 1.165) is 12.1 Å². The molecule has 2 nitrogen and oxygen atoms in total. The van der Waals surface area contributed by atoms with E-state index in [-0.39, 0.29) is 17.7 Å². The fraction of sp³-hybridized carbons (Fsp3) is 0.294. The first-order valence-corrected chi connectivity index (χ1v) is 7.05. The molecule has 0 aliphatic rings. The smallest absolute Gasteiger partial charge is 0.147 e. The highest BCUT2D eigenvalue weighted by Gasteiger charge is 2.18. The van der Waals surface area contributed by atoms with Gasteiger partial charge in [0.15, 0.2) is 0 Å². The predicted octanol–water partition coefficient (Wildman–Crippen LogP) is 4.40. The largest absolute Gasteiger partial charge is 0.342 e. The number of hydrogen-bond donors (Lipinski definition) is 1. The van der Waals surface area contributed by atoms with Gasteiger partial charge in [0.05, 0.1) is 5.69 Å². The van der Waals surface area contributed by atoms with E-state index in [1.165, 1.54) is 18.2 Å². The zero-order valence-corrected chi connectivity index (χ0v) is 12.5. The first-order valence-electron chi connectivity index (χ1n) is 7.05. The molecule has 2 rings (SSSR count). The first kappa shape index (κ1) is 15.4. The molecule has 1 unspecified atom stereocenters. The van der Waals surface area contributed by atoms with E-state index in [4.69, 9.17) is 0 Å². The van der Waals surface area contributed by atoms with E-state index in [1.54, 1.807) is 30.1 Å². The van der Waals surface area contributed by atoms with Crippen LogP contribution < -0.4 is 10.2 Å². The number of anilines is 2. The average Bonchev–Trinajstić information content (AvgIpc) is 2.46. The molecule has 2 aromatic rings. The lowest BCUT2D eigenvalue weighted by Crippen LogP contribution is -2.22. The highest BCUT2D eigenvalue weighted by atomic mass is 19.1. The second kappa shape index (κ2) is 6.68. The van der Waals surface area contributed by atoms with Gasteiger partial charge in [-0.3, -0.25) is 0 Å². The molecule has 112 valence electrons. The number of para-hydroxylation sites is 1. The Labute approximate surface area is 124 Å². The van der Waals surface area contributed by atoms with E-state index in [9.17, 15) is 8.78 Å². The zero-order valence-electron chi connectivity index (χ0n) is 12.5. The molecule has 0 amide bonds. The van der Waals surface area contributed by atoms with E-state index in [2.05, 4.69) is 5.32 Å². The van der Waals surface area contributed by atoms with Crippen molar-refractivity contribution in [2.45, 2.75) is 19.9 Å². The summed E-state index contributed by atoms with van der Waals surface area (Å²) >= 11 is 0. The van der Waals surface area contributed by atoms with Crippen molar-refractivity contribution in [2.24, 2.45) is 0 Å². The topological polar surface area (TPSA) is 15.3 Å². The Bertz CT molecular complexity index is 613. The fourth-order valence-corrected chi connectivity index (χ4v) is 2.47. The van der Waals surface area contributed by atoms with Gasteiger partial charge in [0, 0.05) is 18.8 Å². The maximum atomic E-state index is 14.3. The summed E-state index contributed by atoms with van der Waals surface area (Å²) in [7, 11) is 1.75. The third-order valence-corrected chi connectivity index (χ3v) is 3.53. The van der Waals surface area contributed by atoms with Crippen molar-refractivity contribution in [3.63, 3.8) is 0 Å². The second-order valence-electron chi connectivity index (χ2n) is 5.00. The van der Waals surface area contributed by atoms with Gasteiger partial charge in [-0.05, 0) is 43.3 Å². The molecule has 0 saturated carbocycles. The van der Waals surface area contributed by atoms with Crippen LogP contribution in [0.25, 0.3) is 0 Å². The minimum absolute atomic E-state index is 0.0108. The van der Waals surface area contributed by atoms with Gasteiger partial charge in [0.1, 0.15) is 11.6 Å². The molecule has 0 bridgehead atoms. The highest BCUT2D eigenvalue weighted by molar-refractivity contribution is 5.67. The van der Waals surface area contributed by atoms with Gasteiger partial charge in [-0.25, -0.2) is 8.78 Å². The van der Waals surface area contributed by atoms with Gasteiger partial charge in [-0.1, -0.05) is 25.1 Å². The number of benzene rings is 2. The second-order valence-corrected chi connectivity index (χ2v) is 5.00. The quantitative estimate of drug-likeness (QED) is 0.878. The molecular formula is C17H20F2N2. The Morgan fingerprint density at radius 1 is 1.14 bits per heavy atom. The van der Waals surface area contributed by atoms with E-state index < -0.39 is 0 Å². The van der Waals surface area contributed by atoms with Crippen LogP contribution in [0.1, 0.15) is 25.5 Å². The van der Waals surface area contributed by atoms with Crippen molar-refractivity contribution in [3.8, 4) is 0 Å². The third-order valence-electron chi connectivity index (χ3n) is 3.53. The molecule has 21 heavy (non-hydrogen) atoms. The van der Waals surface area contributed by atoms with Crippen LogP contribution in [0.15, 0.2) is 42.5 Å². The standard InChI is InChI=1S/C17H20F2N2/c1-4-20-12(2)15-9-6-10-16(19)17(15)21(3)14-8-5-7-13(18)11-14/h5-12,20H,4H2,1-3H3. The minimum Gasteiger partial charge on any atom is -0.342 e. The molecule has 0 heterocycles. The monoisotopic (exact) mass is 290 g/mol. The van der Waals surface area contributed by atoms with Gasteiger partial charge in [-0.2, -0.15) is 0 Å². The molecule has 0 spiro atoms. The summed E-state index contributed by atoms with van der Waals surface area (Å²) in [5, 5.41) is 3.28. The maximum Gasteiger partial charge on any atom is 0.147 e. The summed E-state index contributed by atoms with van der Waals surface area (Å²) in [5.74, 6) is -0.652. The normalized spacial score (nSPS) is 12.2. The number of halogens is 2. The number of rotatable bonds is 5. The number of nitrogens with zero attached hydrogens (tertiary/aromatic N) is 1. The lowest BCUT2D eigenvalue weighted by molar-refractivity contribution is 0.583. The van der Waals surface area contributed by atoms with Crippen molar-refractivity contribution in [3.05, 3.63) is 59.7 Å². The number of nitrogens with one attached hydrogen (secondary N) is 1. The van der Waals surface area contributed by atoms with Crippen molar-refractivity contribution >= 4 is 11.4 Å². The van der Waals surface area contributed by atoms with Gasteiger partial charge in [-0.15, -0.1) is 0 Å². The molecule has 1 atom stereocenters. The van der Waals surface area contributed by atoms with Crippen LogP contribution in [0.3, 0.4) is 0 Å². The van der Waals surface area contributed by atoms with Crippen molar-refractivity contribution < 1.29 is 8.78 Å². The minimum atomic E-state index is -0.336. The Morgan fingerprint density at radius 3 is 2.52 bits per heavy atom. The van der Waals surface area contributed by atoms with Crippen molar-refractivity contribution in [1.29, 1.82) is 0 Å². The molecule has 0 aromatic heterocycles. The van der Waals surface area contributed by atoms with Crippen LogP contribution in [0.2, 0.25) is 0 Å². The summed E-state index contributed by atoms with van der Waals surface area (Å²) in [6.07, 6.45) is 0.